The lowest BCUT2D eigenvalue weighted by molar-refractivity contribution is -0.137. The molecule has 0 fully saturated rings. The van der Waals surface area contributed by atoms with Crippen LogP contribution < -0.4 is 4.87 Å². The zero-order valence-corrected chi connectivity index (χ0v) is 9.56. The minimum absolute atomic E-state index is 0.0610. The molecule has 1 rings (SSSR count). The number of hydrogen-bond donors (Lipinski definition) is 2. The molecule has 6 heteroatoms. The van der Waals surface area contributed by atoms with E-state index in [1.54, 1.807) is 0 Å². The van der Waals surface area contributed by atoms with Crippen molar-refractivity contribution >= 4 is 17.3 Å². The van der Waals surface area contributed by atoms with Crippen molar-refractivity contribution in [2.24, 2.45) is 0 Å². The zero-order valence-electron chi connectivity index (χ0n) is 8.74. The van der Waals surface area contributed by atoms with Gasteiger partial charge in [-0.2, -0.15) is 0 Å². The average molecular weight is 230 g/mol. The number of carboxylic acids is 1. The Morgan fingerprint density at radius 3 is 2.73 bits per heavy atom. The van der Waals surface area contributed by atoms with E-state index in [4.69, 9.17) is 5.11 Å². The number of rotatable bonds is 5. The highest BCUT2D eigenvalue weighted by Gasteiger charge is 2.08. The maximum Gasteiger partial charge on any atom is 0.304 e. The monoisotopic (exact) mass is 230 g/mol. The number of thiazole rings is 1. The van der Waals surface area contributed by atoms with E-state index in [1.165, 1.54) is 11.3 Å². The van der Waals surface area contributed by atoms with Crippen molar-refractivity contribution in [1.82, 2.24) is 9.88 Å². The van der Waals surface area contributed by atoms with Gasteiger partial charge in [0.05, 0.1) is 6.42 Å². The van der Waals surface area contributed by atoms with Crippen LogP contribution in [0.5, 0.6) is 0 Å². The Morgan fingerprint density at radius 1 is 1.60 bits per heavy atom. The number of aromatic nitrogens is 1. The van der Waals surface area contributed by atoms with Crippen molar-refractivity contribution in [2.75, 3.05) is 13.6 Å². The average Bonchev–Trinajstić information content (AvgIpc) is 2.42. The number of nitrogens with one attached hydrogen (secondary N) is 1. The topological polar surface area (TPSA) is 73.4 Å². The van der Waals surface area contributed by atoms with E-state index in [2.05, 4.69) is 4.98 Å². The van der Waals surface area contributed by atoms with Gasteiger partial charge in [0.15, 0.2) is 0 Å². The van der Waals surface area contributed by atoms with Gasteiger partial charge >= 0.3 is 10.8 Å². The molecule has 0 aliphatic rings. The minimum atomic E-state index is -0.805. The molecular weight excluding hydrogens is 216 g/mol. The Labute approximate surface area is 91.4 Å². The minimum Gasteiger partial charge on any atom is -0.481 e. The highest BCUT2D eigenvalue weighted by Crippen LogP contribution is 2.10. The van der Waals surface area contributed by atoms with Crippen LogP contribution in [0, 0.1) is 6.92 Å². The molecule has 0 spiro atoms. The van der Waals surface area contributed by atoms with Crippen molar-refractivity contribution in [1.29, 1.82) is 0 Å². The largest absolute Gasteiger partial charge is 0.481 e. The van der Waals surface area contributed by atoms with E-state index in [9.17, 15) is 9.59 Å². The van der Waals surface area contributed by atoms with Crippen LogP contribution in [-0.2, 0) is 11.3 Å². The molecule has 0 amide bonds. The third-order valence-corrected chi connectivity index (χ3v) is 3.01. The van der Waals surface area contributed by atoms with Gasteiger partial charge in [-0.15, -0.1) is 0 Å². The molecule has 0 unspecified atom stereocenters. The highest BCUT2D eigenvalue weighted by molar-refractivity contribution is 7.09. The maximum atomic E-state index is 11.0. The number of aromatic amines is 1. The predicted molar refractivity (Wildman–Crippen MR) is 58.3 cm³/mol. The third kappa shape index (κ3) is 3.85. The van der Waals surface area contributed by atoms with E-state index in [-0.39, 0.29) is 11.3 Å². The fraction of sp³-hybridized carbons (Fsp3) is 0.556. The number of H-pyrrole nitrogens is 1. The van der Waals surface area contributed by atoms with Crippen LogP contribution in [0.4, 0.5) is 0 Å². The van der Waals surface area contributed by atoms with E-state index in [0.29, 0.717) is 13.1 Å². The smallest absolute Gasteiger partial charge is 0.304 e. The molecular formula is C9H14N2O3S. The summed E-state index contributed by atoms with van der Waals surface area (Å²) in [6.45, 7) is 2.95. The van der Waals surface area contributed by atoms with Crippen molar-refractivity contribution in [3.05, 3.63) is 20.2 Å². The van der Waals surface area contributed by atoms with E-state index >= 15 is 0 Å². The Balaban J connectivity index is 2.51. The van der Waals surface area contributed by atoms with Gasteiger partial charge in [0.25, 0.3) is 0 Å². The third-order valence-electron chi connectivity index (χ3n) is 2.04. The lowest BCUT2D eigenvalue weighted by Gasteiger charge is -2.14. The van der Waals surface area contributed by atoms with Gasteiger partial charge in [0, 0.05) is 23.7 Å². The van der Waals surface area contributed by atoms with E-state index in [1.807, 2.05) is 18.9 Å². The first-order chi connectivity index (χ1) is 6.99. The van der Waals surface area contributed by atoms with Gasteiger partial charge in [-0.1, -0.05) is 11.3 Å². The summed E-state index contributed by atoms with van der Waals surface area (Å²) in [7, 11) is 1.84. The highest BCUT2D eigenvalue weighted by atomic mass is 32.1. The van der Waals surface area contributed by atoms with E-state index in [0.717, 1.165) is 10.6 Å². The molecule has 0 saturated carbocycles. The van der Waals surface area contributed by atoms with Gasteiger partial charge < -0.3 is 15.0 Å². The summed E-state index contributed by atoms with van der Waals surface area (Å²) in [6, 6.07) is 0. The van der Waals surface area contributed by atoms with Crippen molar-refractivity contribution in [2.45, 2.75) is 19.9 Å². The number of hydrogen-bond acceptors (Lipinski definition) is 4. The molecule has 1 heterocycles. The Bertz CT molecular complexity index is 396. The molecule has 84 valence electrons. The molecule has 0 saturated heterocycles. The predicted octanol–water partition coefficient (Wildman–Crippen LogP) is 0.651. The van der Waals surface area contributed by atoms with Crippen LogP contribution in [0.1, 0.15) is 17.0 Å². The van der Waals surface area contributed by atoms with Crippen LogP contribution in [0.3, 0.4) is 0 Å². The zero-order chi connectivity index (χ0) is 11.4. The molecule has 0 atom stereocenters. The van der Waals surface area contributed by atoms with Crippen LogP contribution in [0.15, 0.2) is 4.79 Å². The maximum absolute atomic E-state index is 11.0. The molecule has 5 nitrogen and oxygen atoms in total. The molecule has 0 aromatic carbocycles. The standard InChI is InChI=1S/C9H14N2O3S/c1-6-7(15-9(14)10-6)5-11(2)4-3-8(12)13/h3-5H2,1-2H3,(H,10,14)(H,12,13). The summed E-state index contributed by atoms with van der Waals surface area (Å²) in [4.78, 5) is 26.8. The van der Waals surface area contributed by atoms with E-state index < -0.39 is 5.97 Å². The van der Waals surface area contributed by atoms with Crippen molar-refractivity contribution in [3.8, 4) is 0 Å². The Kier molecular flexibility index (Phi) is 4.05. The lowest BCUT2D eigenvalue weighted by Crippen LogP contribution is -2.21. The molecule has 0 bridgehead atoms. The first-order valence-corrected chi connectivity index (χ1v) is 5.39. The number of aliphatic carboxylic acids is 1. The molecule has 2 N–H and O–H groups in total. The Hall–Kier alpha value is -1.14. The molecule has 0 radical (unpaired) electrons. The first kappa shape index (κ1) is 11.9. The fourth-order valence-electron chi connectivity index (χ4n) is 1.20. The summed E-state index contributed by atoms with van der Waals surface area (Å²) in [5, 5.41) is 8.51. The summed E-state index contributed by atoms with van der Waals surface area (Å²) < 4.78 is 0. The normalized spacial score (nSPS) is 10.9. The summed E-state index contributed by atoms with van der Waals surface area (Å²) in [5.74, 6) is -0.805. The molecule has 1 aromatic heterocycles. The van der Waals surface area contributed by atoms with Gasteiger partial charge in [-0.25, -0.2) is 0 Å². The summed E-state index contributed by atoms with van der Waals surface area (Å²) >= 11 is 1.18. The second-order valence-electron chi connectivity index (χ2n) is 3.44. The molecule has 0 aliphatic heterocycles. The summed E-state index contributed by atoms with van der Waals surface area (Å²) in [6.07, 6.45) is 0.120. The van der Waals surface area contributed by atoms with Crippen molar-refractivity contribution in [3.63, 3.8) is 0 Å². The second-order valence-corrected chi connectivity index (χ2v) is 4.51. The van der Waals surface area contributed by atoms with Crippen molar-refractivity contribution < 1.29 is 9.90 Å². The molecule has 1 aromatic rings. The van der Waals surface area contributed by atoms with Crippen LogP contribution in [0.25, 0.3) is 0 Å². The second kappa shape index (κ2) is 5.09. The molecule has 15 heavy (non-hydrogen) atoms. The van der Waals surface area contributed by atoms with Gasteiger partial charge in [0.1, 0.15) is 0 Å². The van der Waals surface area contributed by atoms with Gasteiger partial charge in [-0.05, 0) is 14.0 Å². The number of aryl methyl sites for hydroxylation is 1. The number of nitrogens with zero attached hydrogens (tertiary/aromatic N) is 1. The van der Waals surface area contributed by atoms with Crippen LogP contribution in [0.2, 0.25) is 0 Å². The van der Waals surface area contributed by atoms with Crippen LogP contribution in [-0.4, -0.2) is 34.6 Å². The van der Waals surface area contributed by atoms with Crippen LogP contribution >= 0.6 is 11.3 Å². The number of carbonyl (C=O) groups is 1. The van der Waals surface area contributed by atoms with Gasteiger partial charge in [-0.3, -0.25) is 9.59 Å². The quantitative estimate of drug-likeness (QED) is 0.779. The Morgan fingerprint density at radius 2 is 2.27 bits per heavy atom. The SMILES string of the molecule is Cc1[nH]c(=O)sc1CN(C)CCC(=O)O. The number of carboxylic acid groups (broad SMARTS) is 1. The lowest BCUT2D eigenvalue weighted by atomic mass is 10.3. The molecule has 0 aliphatic carbocycles. The van der Waals surface area contributed by atoms with Gasteiger partial charge in [0.2, 0.25) is 0 Å². The fourth-order valence-corrected chi connectivity index (χ4v) is 2.12. The summed E-state index contributed by atoms with van der Waals surface area (Å²) in [5.41, 5.74) is 0.868. The first-order valence-electron chi connectivity index (χ1n) is 4.58.